The third-order valence-corrected chi connectivity index (χ3v) is 3.54. The van der Waals surface area contributed by atoms with Gasteiger partial charge in [-0.1, -0.05) is 32.0 Å². The number of hydrogen-bond donors (Lipinski definition) is 0. The average Bonchev–Trinajstić information content (AvgIpc) is 2.26. The molecule has 0 aromatic heterocycles. The van der Waals surface area contributed by atoms with E-state index in [1.165, 1.54) is 5.56 Å². The predicted octanol–water partition coefficient (Wildman–Crippen LogP) is 3.01. The van der Waals surface area contributed by atoms with Crippen LogP contribution in [-0.2, 0) is 11.2 Å². The topological polar surface area (TPSA) is 20.3 Å². The van der Waals surface area contributed by atoms with Crippen molar-refractivity contribution in [1.82, 2.24) is 0 Å². The van der Waals surface area contributed by atoms with Crippen LogP contribution in [0.1, 0.15) is 32.8 Å². The second-order valence-corrected chi connectivity index (χ2v) is 4.67. The molecule has 2 rings (SSSR count). The maximum Gasteiger partial charge on any atom is 0.224 e. The minimum Gasteiger partial charge on any atom is -0.309 e. The molecule has 2 nitrogen and oxygen atoms in total. The number of carbonyl (C=O) groups excluding carboxylic acids is 1. The van der Waals surface area contributed by atoms with E-state index in [0.29, 0.717) is 12.0 Å². The van der Waals surface area contributed by atoms with Crippen molar-refractivity contribution in [2.24, 2.45) is 5.92 Å². The number of benzene rings is 1. The highest BCUT2D eigenvalue weighted by molar-refractivity contribution is 5.93. The van der Waals surface area contributed by atoms with Crippen molar-refractivity contribution in [1.29, 1.82) is 0 Å². The molecule has 0 spiro atoms. The largest absolute Gasteiger partial charge is 0.309 e. The van der Waals surface area contributed by atoms with Crippen molar-refractivity contribution >= 4 is 11.6 Å². The lowest BCUT2D eigenvalue weighted by Crippen LogP contribution is -2.46. The van der Waals surface area contributed by atoms with Gasteiger partial charge in [0.1, 0.15) is 0 Å². The van der Waals surface area contributed by atoms with Crippen molar-refractivity contribution in [3.63, 3.8) is 0 Å². The fourth-order valence-electron chi connectivity index (χ4n) is 2.82. The number of fused-ring (bicyclic) bond motifs is 1. The maximum absolute atomic E-state index is 11.8. The Morgan fingerprint density at radius 1 is 1.44 bits per heavy atom. The first kappa shape index (κ1) is 11.2. The molecule has 2 atom stereocenters. The molecular weight excluding hydrogens is 198 g/mol. The number of amides is 1. The summed E-state index contributed by atoms with van der Waals surface area (Å²) in [5.41, 5.74) is 2.41. The fourth-order valence-corrected chi connectivity index (χ4v) is 2.82. The Balaban J connectivity index is 2.48. The maximum atomic E-state index is 11.8. The summed E-state index contributed by atoms with van der Waals surface area (Å²) in [4.78, 5) is 13.8. The van der Waals surface area contributed by atoms with E-state index in [1.54, 1.807) is 6.92 Å². The van der Waals surface area contributed by atoms with Crippen LogP contribution in [0, 0.1) is 5.92 Å². The first-order valence-corrected chi connectivity index (χ1v) is 6.02. The van der Waals surface area contributed by atoms with E-state index >= 15 is 0 Å². The number of hydrogen-bond acceptors (Lipinski definition) is 1. The predicted molar refractivity (Wildman–Crippen MR) is 66.5 cm³/mol. The van der Waals surface area contributed by atoms with Crippen LogP contribution in [0.15, 0.2) is 24.3 Å². The summed E-state index contributed by atoms with van der Waals surface area (Å²) < 4.78 is 0. The van der Waals surface area contributed by atoms with Crippen molar-refractivity contribution in [2.75, 3.05) is 4.90 Å². The van der Waals surface area contributed by atoms with Crippen molar-refractivity contribution in [3.05, 3.63) is 29.8 Å². The van der Waals surface area contributed by atoms with E-state index in [1.807, 2.05) is 11.0 Å². The Labute approximate surface area is 97.3 Å². The Morgan fingerprint density at radius 2 is 2.12 bits per heavy atom. The molecule has 1 aliphatic rings. The van der Waals surface area contributed by atoms with Gasteiger partial charge < -0.3 is 4.90 Å². The van der Waals surface area contributed by atoms with Gasteiger partial charge in [-0.25, -0.2) is 0 Å². The number of anilines is 1. The van der Waals surface area contributed by atoms with Crippen molar-refractivity contribution < 1.29 is 4.79 Å². The summed E-state index contributed by atoms with van der Waals surface area (Å²) in [5, 5.41) is 0. The van der Waals surface area contributed by atoms with Gasteiger partial charge >= 0.3 is 0 Å². The second kappa shape index (κ2) is 4.28. The Bertz CT molecular complexity index is 399. The number of para-hydroxylation sites is 1. The van der Waals surface area contributed by atoms with Crippen LogP contribution in [0.2, 0.25) is 0 Å². The molecule has 1 amide bonds. The van der Waals surface area contributed by atoms with Crippen LogP contribution in [0.25, 0.3) is 0 Å². The van der Waals surface area contributed by atoms with E-state index < -0.39 is 0 Å². The highest BCUT2D eigenvalue weighted by atomic mass is 16.2. The first-order chi connectivity index (χ1) is 7.65. The van der Waals surface area contributed by atoms with E-state index in [-0.39, 0.29) is 5.91 Å². The van der Waals surface area contributed by atoms with Gasteiger partial charge in [0.05, 0.1) is 0 Å². The summed E-state index contributed by atoms with van der Waals surface area (Å²) in [6, 6.07) is 8.61. The van der Waals surface area contributed by atoms with Gasteiger partial charge in [0.15, 0.2) is 0 Å². The molecule has 0 N–H and O–H groups in total. The van der Waals surface area contributed by atoms with Gasteiger partial charge in [-0.15, -0.1) is 0 Å². The average molecular weight is 217 g/mol. The molecular formula is C14H19NO. The van der Waals surface area contributed by atoms with E-state index in [4.69, 9.17) is 0 Å². The summed E-state index contributed by atoms with van der Waals surface area (Å²) >= 11 is 0. The molecule has 0 radical (unpaired) electrons. The van der Waals surface area contributed by atoms with Gasteiger partial charge in [0.25, 0.3) is 0 Å². The molecule has 0 saturated carbocycles. The molecule has 16 heavy (non-hydrogen) atoms. The zero-order chi connectivity index (χ0) is 11.7. The van der Waals surface area contributed by atoms with Crippen LogP contribution >= 0.6 is 0 Å². The van der Waals surface area contributed by atoms with Crippen molar-refractivity contribution in [2.45, 2.75) is 39.7 Å². The molecule has 1 heterocycles. The van der Waals surface area contributed by atoms with Gasteiger partial charge in [-0.2, -0.15) is 0 Å². The highest BCUT2D eigenvalue weighted by Gasteiger charge is 2.32. The number of carbonyl (C=O) groups is 1. The Kier molecular flexibility index (Phi) is 2.99. The molecule has 1 aromatic carbocycles. The molecule has 0 aliphatic carbocycles. The third kappa shape index (κ3) is 1.73. The summed E-state index contributed by atoms with van der Waals surface area (Å²) in [5.74, 6) is 0.703. The summed E-state index contributed by atoms with van der Waals surface area (Å²) in [6.07, 6.45) is 2.10. The van der Waals surface area contributed by atoms with Gasteiger partial charge in [-0.3, -0.25) is 4.79 Å². The monoisotopic (exact) mass is 217 g/mol. The normalized spacial score (nSPS) is 24.1. The second-order valence-electron chi connectivity index (χ2n) is 4.67. The SMILES string of the molecule is CC[C@H]1[C@H](C)Cc2ccccc2N1C(C)=O. The van der Waals surface area contributed by atoms with E-state index in [2.05, 4.69) is 32.0 Å². The van der Waals surface area contributed by atoms with Crippen molar-refractivity contribution in [3.8, 4) is 0 Å². The van der Waals surface area contributed by atoms with E-state index in [9.17, 15) is 4.79 Å². The highest BCUT2D eigenvalue weighted by Crippen LogP contribution is 2.34. The fraction of sp³-hybridized carbons (Fsp3) is 0.500. The van der Waals surface area contributed by atoms with Crippen LogP contribution in [0.4, 0.5) is 5.69 Å². The molecule has 0 saturated heterocycles. The van der Waals surface area contributed by atoms with Crippen LogP contribution < -0.4 is 4.90 Å². The van der Waals surface area contributed by atoms with Crippen LogP contribution in [0.3, 0.4) is 0 Å². The third-order valence-electron chi connectivity index (χ3n) is 3.54. The summed E-state index contributed by atoms with van der Waals surface area (Å²) in [7, 11) is 0. The molecule has 2 heteroatoms. The number of nitrogens with zero attached hydrogens (tertiary/aromatic N) is 1. The Morgan fingerprint density at radius 3 is 2.75 bits per heavy atom. The van der Waals surface area contributed by atoms with Crippen LogP contribution in [0.5, 0.6) is 0 Å². The Hall–Kier alpha value is -1.31. The summed E-state index contributed by atoms with van der Waals surface area (Å²) in [6.45, 7) is 6.06. The minimum atomic E-state index is 0.158. The quantitative estimate of drug-likeness (QED) is 0.708. The zero-order valence-electron chi connectivity index (χ0n) is 10.2. The molecule has 1 aliphatic heterocycles. The first-order valence-electron chi connectivity index (χ1n) is 6.02. The van der Waals surface area contributed by atoms with E-state index in [0.717, 1.165) is 18.5 Å². The zero-order valence-corrected chi connectivity index (χ0v) is 10.2. The molecule has 0 fully saturated rings. The smallest absolute Gasteiger partial charge is 0.224 e. The minimum absolute atomic E-state index is 0.158. The lowest BCUT2D eigenvalue weighted by Gasteiger charge is -2.40. The molecule has 0 bridgehead atoms. The number of rotatable bonds is 1. The van der Waals surface area contributed by atoms with Crippen LogP contribution in [-0.4, -0.2) is 11.9 Å². The molecule has 1 aromatic rings. The lowest BCUT2D eigenvalue weighted by atomic mass is 9.85. The van der Waals surface area contributed by atoms with Gasteiger partial charge in [0.2, 0.25) is 5.91 Å². The van der Waals surface area contributed by atoms with Gasteiger partial charge in [-0.05, 0) is 30.4 Å². The molecule has 86 valence electrons. The van der Waals surface area contributed by atoms with Gasteiger partial charge in [0, 0.05) is 18.7 Å². The lowest BCUT2D eigenvalue weighted by molar-refractivity contribution is -0.117. The molecule has 0 unspecified atom stereocenters. The standard InChI is InChI=1S/C14H19NO/c1-4-13-10(2)9-12-7-5-6-8-14(12)15(13)11(3)16/h5-8,10,13H,4,9H2,1-3H3/t10-,13+/m1/s1.